The van der Waals surface area contributed by atoms with Gasteiger partial charge in [0.25, 0.3) is 0 Å². The van der Waals surface area contributed by atoms with E-state index in [9.17, 15) is 0 Å². The lowest BCUT2D eigenvalue weighted by molar-refractivity contribution is 0.578. The van der Waals surface area contributed by atoms with Gasteiger partial charge in [-0.1, -0.05) is 48.5 Å². The number of fused-ring (bicyclic) bond motifs is 1. The zero-order valence-corrected chi connectivity index (χ0v) is 21.3. The van der Waals surface area contributed by atoms with Crippen LogP contribution < -0.4 is 14.8 Å². The SMILES string of the molecule is C(=N\N(c1ccccc1)c1ccccc1)/c1ccc2c(c1)CCCN2c1cccc(N2CCCCC2)c1. The maximum absolute atomic E-state index is 4.91. The van der Waals surface area contributed by atoms with Gasteiger partial charge in [-0.2, -0.15) is 5.10 Å². The van der Waals surface area contributed by atoms with Gasteiger partial charge in [0.1, 0.15) is 0 Å². The van der Waals surface area contributed by atoms with Gasteiger partial charge >= 0.3 is 0 Å². The Morgan fingerprint density at radius 2 is 1.32 bits per heavy atom. The molecule has 186 valence electrons. The molecule has 2 aliphatic rings. The summed E-state index contributed by atoms with van der Waals surface area (Å²) in [5.74, 6) is 0. The number of nitrogens with zero attached hydrogens (tertiary/aromatic N) is 4. The molecule has 0 spiro atoms. The molecule has 4 heteroatoms. The van der Waals surface area contributed by atoms with Gasteiger partial charge in [0.15, 0.2) is 0 Å². The largest absolute Gasteiger partial charge is 0.371 e. The van der Waals surface area contributed by atoms with Gasteiger partial charge in [0.2, 0.25) is 0 Å². The Balaban J connectivity index is 1.26. The monoisotopic (exact) mass is 486 g/mol. The van der Waals surface area contributed by atoms with E-state index in [1.807, 2.05) is 23.4 Å². The fraction of sp³-hybridized carbons (Fsp3) is 0.242. The molecule has 0 amide bonds. The molecule has 4 aromatic carbocycles. The number of aryl methyl sites for hydroxylation is 1. The average Bonchev–Trinajstić information content (AvgIpc) is 2.98. The van der Waals surface area contributed by atoms with E-state index < -0.39 is 0 Å². The van der Waals surface area contributed by atoms with Crippen molar-refractivity contribution >= 4 is 34.7 Å². The Bertz CT molecular complexity index is 1300. The molecule has 1 fully saturated rings. The summed E-state index contributed by atoms with van der Waals surface area (Å²) < 4.78 is 0. The highest BCUT2D eigenvalue weighted by molar-refractivity contribution is 5.84. The molecule has 0 aliphatic carbocycles. The highest BCUT2D eigenvalue weighted by atomic mass is 15.5. The van der Waals surface area contributed by atoms with Crippen LogP contribution in [0.3, 0.4) is 0 Å². The summed E-state index contributed by atoms with van der Waals surface area (Å²) in [7, 11) is 0. The molecule has 2 heterocycles. The first-order valence-corrected chi connectivity index (χ1v) is 13.5. The number of benzene rings is 4. The predicted molar refractivity (Wildman–Crippen MR) is 157 cm³/mol. The van der Waals surface area contributed by atoms with Crippen molar-refractivity contribution in [2.45, 2.75) is 32.1 Å². The fourth-order valence-corrected chi connectivity index (χ4v) is 5.52. The van der Waals surface area contributed by atoms with E-state index in [4.69, 9.17) is 5.10 Å². The van der Waals surface area contributed by atoms with Crippen molar-refractivity contribution in [3.63, 3.8) is 0 Å². The van der Waals surface area contributed by atoms with Crippen LogP contribution in [0.4, 0.5) is 28.4 Å². The molecule has 2 aliphatic heterocycles. The van der Waals surface area contributed by atoms with Gasteiger partial charge in [-0.15, -0.1) is 0 Å². The number of hydrogen-bond acceptors (Lipinski definition) is 4. The van der Waals surface area contributed by atoms with Crippen molar-refractivity contribution in [1.82, 2.24) is 0 Å². The molecule has 37 heavy (non-hydrogen) atoms. The van der Waals surface area contributed by atoms with E-state index in [0.717, 1.165) is 36.3 Å². The zero-order valence-electron chi connectivity index (χ0n) is 21.3. The van der Waals surface area contributed by atoms with Gasteiger partial charge in [-0.3, -0.25) is 0 Å². The second-order valence-electron chi connectivity index (χ2n) is 9.94. The van der Waals surface area contributed by atoms with Gasteiger partial charge in [-0.25, -0.2) is 5.01 Å². The Morgan fingerprint density at radius 3 is 2.05 bits per heavy atom. The van der Waals surface area contributed by atoms with Crippen LogP contribution in [0.5, 0.6) is 0 Å². The van der Waals surface area contributed by atoms with E-state index in [1.165, 1.54) is 55.0 Å². The Morgan fingerprint density at radius 1 is 0.622 bits per heavy atom. The van der Waals surface area contributed by atoms with Crippen molar-refractivity contribution in [3.8, 4) is 0 Å². The smallest absolute Gasteiger partial charge is 0.0652 e. The minimum absolute atomic E-state index is 1.04. The van der Waals surface area contributed by atoms with Crippen LogP contribution in [-0.4, -0.2) is 25.8 Å². The van der Waals surface area contributed by atoms with Crippen LogP contribution in [0.1, 0.15) is 36.8 Å². The Labute approximate surface area is 220 Å². The summed E-state index contributed by atoms with van der Waals surface area (Å²) in [6.45, 7) is 3.40. The molecule has 1 saturated heterocycles. The first-order valence-electron chi connectivity index (χ1n) is 13.5. The molecular weight excluding hydrogens is 452 g/mol. The lowest BCUT2D eigenvalue weighted by Crippen LogP contribution is -2.30. The fourth-order valence-electron chi connectivity index (χ4n) is 5.52. The summed E-state index contributed by atoms with van der Waals surface area (Å²) >= 11 is 0. The van der Waals surface area contributed by atoms with Crippen LogP contribution >= 0.6 is 0 Å². The van der Waals surface area contributed by atoms with Crippen molar-refractivity contribution in [2.75, 3.05) is 34.4 Å². The molecule has 0 aromatic heterocycles. The minimum Gasteiger partial charge on any atom is -0.371 e. The van der Waals surface area contributed by atoms with Crippen molar-refractivity contribution in [3.05, 3.63) is 114 Å². The zero-order chi connectivity index (χ0) is 24.9. The van der Waals surface area contributed by atoms with E-state index in [2.05, 4.69) is 101 Å². The Kier molecular flexibility index (Phi) is 6.89. The molecule has 6 rings (SSSR count). The van der Waals surface area contributed by atoms with Crippen LogP contribution in [0, 0.1) is 0 Å². The normalized spacial score (nSPS) is 15.6. The number of rotatable bonds is 6. The number of piperidine rings is 1. The molecule has 0 bridgehead atoms. The molecule has 4 nitrogen and oxygen atoms in total. The lowest BCUT2D eigenvalue weighted by Gasteiger charge is -2.33. The summed E-state index contributed by atoms with van der Waals surface area (Å²) in [6.07, 6.45) is 8.19. The van der Waals surface area contributed by atoms with Crippen LogP contribution in [0.25, 0.3) is 0 Å². The van der Waals surface area contributed by atoms with Gasteiger partial charge in [-0.05, 0) is 97.8 Å². The minimum atomic E-state index is 1.04. The Hall–Kier alpha value is -4.05. The molecule has 4 aromatic rings. The number of para-hydroxylation sites is 2. The van der Waals surface area contributed by atoms with Crippen LogP contribution in [-0.2, 0) is 6.42 Å². The van der Waals surface area contributed by atoms with Crippen molar-refractivity contribution < 1.29 is 0 Å². The van der Waals surface area contributed by atoms with Crippen LogP contribution in [0.15, 0.2) is 108 Å². The van der Waals surface area contributed by atoms with E-state index in [0.29, 0.717) is 0 Å². The van der Waals surface area contributed by atoms with Crippen LogP contribution in [0.2, 0.25) is 0 Å². The quantitative estimate of drug-likeness (QED) is 0.204. The second-order valence-corrected chi connectivity index (χ2v) is 9.94. The lowest BCUT2D eigenvalue weighted by atomic mass is 9.98. The summed E-state index contributed by atoms with van der Waals surface area (Å²) in [5.41, 5.74) is 8.58. The number of hydrogen-bond donors (Lipinski definition) is 0. The molecule has 0 N–H and O–H groups in total. The van der Waals surface area contributed by atoms with Crippen molar-refractivity contribution in [2.24, 2.45) is 5.10 Å². The van der Waals surface area contributed by atoms with E-state index >= 15 is 0 Å². The topological polar surface area (TPSA) is 22.1 Å². The maximum Gasteiger partial charge on any atom is 0.0652 e. The van der Waals surface area contributed by atoms with E-state index in [1.54, 1.807) is 0 Å². The summed E-state index contributed by atoms with van der Waals surface area (Å²) in [4.78, 5) is 5.04. The molecule has 0 radical (unpaired) electrons. The molecular formula is C33H34N4. The molecule has 0 atom stereocenters. The highest BCUT2D eigenvalue weighted by Gasteiger charge is 2.20. The van der Waals surface area contributed by atoms with Crippen molar-refractivity contribution in [1.29, 1.82) is 0 Å². The third-order valence-corrected chi connectivity index (χ3v) is 7.41. The molecule has 0 saturated carbocycles. The van der Waals surface area contributed by atoms with E-state index in [-0.39, 0.29) is 0 Å². The predicted octanol–water partition coefficient (Wildman–Crippen LogP) is 7.93. The third-order valence-electron chi connectivity index (χ3n) is 7.41. The second kappa shape index (κ2) is 10.9. The average molecular weight is 487 g/mol. The van der Waals surface area contributed by atoms with Gasteiger partial charge in [0.05, 0.1) is 17.6 Å². The highest BCUT2D eigenvalue weighted by Crippen LogP contribution is 2.36. The number of anilines is 5. The third kappa shape index (κ3) is 5.24. The summed E-state index contributed by atoms with van der Waals surface area (Å²) in [5, 5.41) is 6.91. The molecule has 0 unspecified atom stereocenters. The first-order chi connectivity index (χ1) is 18.3. The first kappa shape index (κ1) is 23.4. The standard InChI is InChI=1S/C33H34N4/c1-4-13-29(14-5-1)37(30-15-6-2-7-16-30)34-26-27-19-20-33-28(24-27)12-11-23-36(33)32-18-10-17-31(25-32)35-21-8-3-9-22-35/h1-2,4-7,10,13-20,24-26H,3,8-9,11-12,21-23H2/b34-26+. The number of hydrazone groups is 1. The van der Waals surface area contributed by atoms with Gasteiger partial charge in [0, 0.05) is 36.7 Å². The van der Waals surface area contributed by atoms with Gasteiger partial charge < -0.3 is 9.80 Å². The summed E-state index contributed by atoms with van der Waals surface area (Å²) in [6, 6.07) is 36.5. The maximum atomic E-state index is 4.91.